The Morgan fingerprint density at radius 1 is 0.974 bits per heavy atom. The molecule has 0 spiro atoms. The molecule has 2 aromatic carbocycles. The zero-order valence-corrected chi connectivity index (χ0v) is 21.9. The molecular weight excluding hydrogens is 506 g/mol. The number of piperazine rings is 1. The van der Waals surface area contributed by atoms with E-state index in [0.29, 0.717) is 49.7 Å². The number of amides is 2. The Balaban J connectivity index is 1.41. The molecule has 2 heterocycles. The lowest BCUT2D eigenvalue weighted by Crippen LogP contribution is -2.49. The summed E-state index contributed by atoms with van der Waals surface area (Å²) in [6.45, 7) is 4.47. The molecule has 1 N–H and O–H groups in total. The maximum Gasteiger partial charge on any atom is 0.285 e. The van der Waals surface area contributed by atoms with Gasteiger partial charge >= 0.3 is 0 Å². The monoisotopic (exact) mass is 533 g/mol. The molecule has 196 valence electrons. The van der Waals surface area contributed by atoms with Crippen LogP contribution in [-0.4, -0.2) is 74.4 Å². The minimum Gasteiger partial charge on any atom is -0.494 e. The van der Waals surface area contributed by atoms with Gasteiger partial charge in [0.15, 0.2) is 11.5 Å². The summed E-state index contributed by atoms with van der Waals surface area (Å²) in [5, 5.41) is 7.90. The van der Waals surface area contributed by atoms with Gasteiger partial charge in [-0.05, 0) is 49.4 Å². The molecule has 3 aromatic rings. The quantitative estimate of drug-likeness (QED) is 0.477. The van der Waals surface area contributed by atoms with Crippen LogP contribution in [0.2, 0.25) is 0 Å². The highest BCUT2D eigenvalue weighted by Crippen LogP contribution is 2.17. The van der Waals surface area contributed by atoms with Crippen molar-refractivity contribution in [3.05, 3.63) is 83.0 Å². The van der Waals surface area contributed by atoms with E-state index in [2.05, 4.69) is 22.0 Å². The molecule has 1 aliphatic heterocycles. The number of carbonyl (C=O) groups excluding carboxylic acids is 2. The molecule has 1 aromatic heterocycles. The van der Waals surface area contributed by atoms with Crippen LogP contribution in [0.5, 0.6) is 5.75 Å². The van der Waals surface area contributed by atoms with E-state index in [4.69, 9.17) is 4.74 Å². The second-order valence-corrected chi connectivity index (χ2v) is 10.3. The van der Waals surface area contributed by atoms with Crippen LogP contribution >= 0.6 is 0 Å². The van der Waals surface area contributed by atoms with Crippen LogP contribution in [0.3, 0.4) is 0 Å². The summed E-state index contributed by atoms with van der Waals surface area (Å²) in [4.78, 5) is 29.0. The number of nitrogens with one attached hydrogen (secondary N) is 1. The Bertz CT molecular complexity index is 1490. The molecule has 11 heteroatoms. The molecular formula is C27H27N5O5S. The maximum absolute atomic E-state index is 13.3. The van der Waals surface area contributed by atoms with Gasteiger partial charge in [0.2, 0.25) is 10.0 Å². The Labute approximate surface area is 221 Å². The van der Waals surface area contributed by atoms with E-state index in [1.54, 1.807) is 17.0 Å². The fourth-order valence-electron chi connectivity index (χ4n) is 3.89. The number of carbonyl (C=O) groups is 2. The summed E-state index contributed by atoms with van der Waals surface area (Å²) in [7, 11) is -3.69. The zero-order chi connectivity index (χ0) is 27.1. The van der Waals surface area contributed by atoms with Crippen molar-refractivity contribution in [3.63, 3.8) is 0 Å². The minimum absolute atomic E-state index is 0.100. The smallest absolute Gasteiger partial charge is 0.285 e. The lowest BCUT2D eigenvalue weighted by Gasteiger charge is -2.35. The number of anilines is 1. The molecule has 1 aliphatic rings. The number of aromatic nitrogens is 2. The van der Waals surface area contributed by atoms with Crippen LogP contribution in [0.1, 0.15) is 38.9 Å². The highest BCUT2D eigenvalue weighted by atomic mass is 32.2. The third-order valence-corrected chi connectivity index (χ3v) is 6.25. The largest absolute Gasteiger partial charge is 0.494 e. The lowest BCUT2D eigenvalue weighted by atomic mass is 10.1. The first-order valence-electron chi connectivity index (χ1n) is 12.0. The van der Waals surface area contributed by atoms with Gasteiger partial charge in [0, 0.05) is 37.3 Å². The normalized spacial score (nSPS) is 13.3. The molecule has 4 rings (SSSR count). The van der Waals surface area contributed by atoms with Gasteiger partial charge in [-0.15, -0.1) is 10.2 Å². The van der Waals surface area contributed by atoms with Crippen molar-refractivity contribution in [3.8, 4) is 17.6 Å². The molecule has 0 atom stereocenters. The highest BCUT2D eigenvalue weighted by molar-refractivity contribution is 7.89. The third-order valence-electron chi connectivity index (χ3n) is 5.70. The van der Waals surface area contributed by atoms with Gasteiger partial charge in [0.1, 0.15) is 5.75 Å². The molecule has 0 unspecified atom stereocenters. The number of sulfonamides is 1. The predicted molar refractivity (Wildman–Crippen MR) is 142 cm³/mol. The Morgan fingerprint density at radius 3 is 2.42 bits per heavy atom. The third kappa shape index (κ3) is 6.86. The SMILES string of the molecule is CCOc1cccc(C#Cc2ccccc2C(=O)N2CCN(c3ccc(C(=O)NS(C)(=O)=O)nn3)CC2)c1. The number of rotatable bonds is 6. The zero-order valence-electron chi connectivity index (χ0n) is 21.0. The fourth-order valence-corrected chi connectivity index (χ4v) is 4.33. The van der Waals surface area contributed by atoms with Crippen molar-refractivity contribution < 1.29 is 22.7 Å². The van der Waals surface area contributed by atoms with E-state index in [1.165, 1.54) is 6.07 Å². The predicted octanol–water partition coefficient (Wildman–Crippen LogP) is 1.93. The maximum atomic E-state index is 13.3. The van der Waals surface area contributed by atoms with Crippen molar-refractivity contribution in [2.75, 3.05) is 43.9 Å². The summed E-state index contributed by atoms with van der Waals surface area (Å²) >= 11 is 0. The Hall–Kier alpha value is -4.43. The van der Waals surface area contributed by atoms with Gasteiger partial charge in [-0.25, -0.2) is 13.1 Å². The van der Waals surface area contributed by atoms with Crippen molar-refractivity contribution in [1.82, 2.24) is 19.8 Å². The van der Waals surface area contributed by atoms with Crippen LogP contribution < -0.4 is 14.4 Å². The molecule has 1 fully saturated rings. The minimum atomic E-state index is -3.69. The van der Waals surface area contributed by atoms with E-state index in [1.807, 2.05) is 59.0 Å². The second kappa shape index (κ2) is 11.7. The van der Waals surface area contributed by atoms with Crippen molar-refractivity contribution >= 4 is 27.7 Å². The summed E-state index contributed by atoms with van der Waals surface area (Å²) in [6, 6.07) is 17.8. The average Bonchev–Trinajstić information content (AvgIpc) is 2.91. The first kappa shape index (κ1) is 26.6. The first-order chi connectivity index (χ1) is 18.2. The topological polar surface area (TPSA) is 122 Å². The van der Waals surface area contributed by atoms with Gasteiger partial charge < -0.3 is 14.5 Å². The molecule has 10 nitrogen and oxygen atoms in total. The van der Waals surface area contributed by atoms with Gasteiger partial charge in [0.25, 0.3) is 11.8 Å². The molecule has 1 saturated heterocycles. The first-order valence-corrected chi connectivity index (χ1v) is 13.9. The van der Waals surface area contributed by atoms with E-state index in [9.17, 15) is 18.0 Å². The lowest BCUT2D eigenvalue weighted by molar-refractivity contribution is 0.0745. The molecule has 0 saturated carbocycles. The van der Waals surface area contributed by atoms with Gasteiger partial charge in [-0.2, -0.15) is 0 Å². The Kier molecular flexibility index (Phi) is 8.23. The van der Waals surface area contributed by atoms with Crippen LogP contribution in [0.4, 0.5) is 5.82 Å². The van der Waals surface area contributed by atoms with E-state index in [0.717, 1.165) is 17.6 Å². The van der Waals surface area contributed by atoms with Crippen LogP contribution in [0, 0.1) is 11.8 Å². The average molecular weight is 534 g/mol. The van der Waals surface area contributed by atoms with Gasteiger partial charge in [-0.3, -0.25) is 9.59 Å². The summed E-state index contributed by atoms with van der Waals surface area (Å²) in [5.74, 6) is 6.60. The van der Waals surface area contributed by atoms with Gasteiger partial charge in [0.05, 0.1) is 18.4 Å². The number of hydrogen-bond donors (Lipinski definition) is 1. The van der Waals surface area contributed by atoms with Crippen LogP contribution in [-0.2, 0) is 10.0 Å². The molecule has 2 amide bonds. The van der Waals surface area contributed by atoms with Crippen molar-refractivity contribution in [2.24, 2.45) is 0 Å². The van der Waals surface area contributed by atoms with Crippen molar-refractivity contribution in [1.29, 1.82) is 0 Å². The number of nitrogens with zero attached hydrogens (tertiary/aromatic N) is 4. The van der Waals surface area contributed by atoms with E-state index < -0.39 is 15.9 Å². The highest BCUT2D eigenvalue weighted by Gasteiger charge is 2.24. The standard InChI is InChI=1S/C27H27N5O5S/c1-3-37-22-9-6-7-20(19-22)11-12-21-8-4-5-10-23(21)27(34)32-17-15-31(16-18-32)25-14-13-24(28-29-25)26(33)30-38(2,35)36/h4-10,13-14,19H,3,15-18H2,1-2H3,(H,30,33). The number of ether oxygens (including phenoxy) is 1. The van der Waals surface area contributed by atoms with E-state index in [-0.39, 0.29) is 11.6 Å². The summed E-state index contributed by atoms with van der Waals surface area (Å²) < 4.78 is 29.9. The molecule has 0 radical (unpaired) electrons. The molecule has 0 bridgehead atoms. The number of benzene rings is 2. The Morgan fingerprint density at radius 2 is 1.74 bits per heavy atom. The fraction of sp³-hybridized carbons (Fsp3) is 0.259. The van der Waals surface area contributed by atoms with Gasteiger partial charge in [-0.1, -0.05) is 30.0 Å². The van der Waals surface area contributed by atoms with E-state index >= 15 is 0 Å². The number of hydrogen-bond acceptors (Lipinski definition) is 8. The second-order valence-electron chi connectivity index (χ2n) is 8.52. The summed E-state index contributed by atoms with van der Waals surface area (Å²) in [5.41, 5.74) is 1.88. The van der Waals surface area contributed by atoms with Crippen molar-refractivity contribution in [2.45, 2.75) is 6.92 Å². The van der Waals surface area contributed by atoms with Crippen LogP contribution in [0.15, 0.2) is 60.7 Å². The van der Waals surface area contributed by atoms with Crippen LogP contribution in [0.25, 0.3) is 0 Å². The summed E-state index contributed by atoms with van der Waals surface area (Å²) in [6.07, 6.45) is 0.889. The molecule has 0 aliphatic carbocycles. The molecule has 38 heavy (non-hydrogen) atoms.